The van der Waals surface area contributed by atoms with Gasteiger partial charge in [-0.3, -0.25) is 4.57 Å². The fourth-order valence-electron chi connectivity index (χ4n) is 2.56. The van der Waals surface area contributed by atoms with Gasteiger partial charge in [0.2, 0.25) is 0 Å². The van der Waals surface area contributed by atoms with Crippen LogP contribution in [0.4, 0.5) is 0 Å². The maximum Gasteiger partial charge on any atom is 0.316 e. The van der Waals surface area contributed by atoms with Crippen LogP contribution in [0.3, 0.4) is 0 Å². The van der Waals surface area contributed by atoms with E-state index < -0.39 is 8.25 Å². The Kier molecular flexibility index (Phi) is 10.2. The van der Waals surface area contributed by atoms with Crippen LogP contribution in [-0.2, 0) is 31.8 Å². The first kappa shape index (κ1) is 20.8. The molecule has 0 amide bonds. The molecule has 0 bridgehead atoms. The van der Waals surface area contributed by atoms with Crippen molar-refractivity contribution in [3.05, 3.63) is 71.8 Å². The van der Waals surface area contributed by atoms with Crippen LogP contribution in [0.2, 0.25) is 0 Å². The van der Waals surface area contributed by atoms with Crippen molar-refractivity contribution in [1.29, 1.82) is 0 Å². The average molecular weight is 378 g/mol. The number of rotatable bonds is 13. The molecule has 2 aromatic rings. The highest BCUT2D eigenvalue weighted by atomic mass is 31.1. The number of hydrogen-bond donors (Lipinski definition) is 1. The van der Waals surface area contributed by atoms with Gasteiger partial charge in [-0.2, -0.15) is 0 Å². The molecule has 0 spiro atoms. The van der Waals surface area contributed by atoms with Crippen LogP contribution >= 0.6 is 8.25 Å². The van der Waals surface area contributed by atoms with Gasteiger partial charge in [-0.15, -0.1) is 0 Å². The molecule has 26 heavy (non-hydrogen) atoms. The number of ether oxygens (including phenoxy) is 2. The topological polar surface area (TPSA) is 65.0 Å². The van der Waals surface area contributed by atoms with E-state index in [-0.39, 0.29) is 6.10 Å². The first-order valence-electron chi connectivity index (χ1n) is 8.87. The van der Waals surface area contributed by atoms with Gasteiger partial charge in [0.15, 0.2) is 0 Å². The predicted molar refractivity (Wildman–Crippen MR) is 102 cm³/mol. The third kappa shape index (κ3) is 9.27. The Balaban J connectivity index is 1.60. The molecule has 0 aliphatic rings. The van der Waals surface area contributed by atoms with Gasteiger partial charge in [0, 0.05) is 13.2 Å². The van der Waals surface area contributed by atoms with E-state index in [1.807, 2.05) is 60.7 Å². The minimum atomic E-state index is -2.95. The molecule has 2 atom stereocenters. The first-order chi connectivity index (χ1) is 12.7. The van der Waals surface area contributed by atoms with Crippen molar-refractivity contribution in [3.8, 4) is 0 Å². The molecule has 0 aromatic heterocycles. The maximum atomic E-state index is 11.0. The van der Waals surface area contributed by atoms with Crippen molar-refractivity contribution in [2.45, 2.75) is 38.6 Å². The molecule has 0 fully saturated rings. The number of benzene rings is 2. The fourth-order valence-corrected chi connectivity index (χ4v) is 3.08. The summed E-state index contributed by atoms with van der Waals surface area (Å²) in [5.41, 5.74) is 2.24. The molecule has 0 aliphatic carbocycles. The van der Waals surface area contributed by atoms with E-state index >= 15 is 0 Å². The van der Waals surface area contributed by atoms with Gasteiger partial charge in [-0.25, -0.2) is 0 Å². The second-order valence-corrected chi connectivity index (χ2v) is 6.78. The van der Waals surface area contributed by atoms with Crippen LogP contribution in [0.25, 0.3) is 0 Å². The second-order valence-electron chi connectivity index (χ2n) is 6.01. The molecule has 2 rings (SSSR count). The summed E-state index contributed by atoms with van der Waals surface area (Å²) in [7, 11) is -2.95. The van der Waals surface area contributed by atoms with Crippen LogP contribution in [0.15, 0.2) is 60.7 Å². The van der Waals surface area contributed by atoms with Crippen molar-refractivity contribution < 1.29 is 23.5 Å². The van der Waals surface area contributed by atoms with Crippen molar-refractivity contribution >= 4 is 8.25 Å². The molecule has 6 heteroatoms. The molecule has 2 unspecified atom stereocenters. The van der Waals surface area contributed by atoms with Gasteiger partial charge in [0.1, 0.15) is 0 Å². The molecule has 5 nitrogen and oxygen atoms in total. The van der Waals surface area contributed by atoms with Gasteiger partial charge >= 0.3 is 8.25 Å². The lowest BCUT2D eigenvalue weighted by Gasteiger charge is -2.16. The molecule has 0 heterocycles. The van der Waals surface area contributed by atoms with E-state index in [1.165, 1.54) is 0 Å². The van der Waals surface area contributed by atoms with Gasteiger partial charge in [0.25, 0.3) is 0 Å². The maximum absolute atomic E-state index is 11.0. The van der Waals surface area contributed by atoms with Crippen LogP contribution in [-0.4, -0.2) is 24.2 Å². The van der Waals surface area contributed by atoms with Crippen molar-refractivity contribution in [1.82, 2.24) is 0 Å². The Bertz CT molecular complexity index is 621. The third-order valence-corrected chi connectivity index (χ3v) is 4.42. The smallest absolute Gasteiger partial charge is 0.316 e. The minimum Gasteiger partial charge on any atom is -0.377 e. The van der Waals surface area contributed by atoms with E-state index in [1.54, 1.807) is 0 Å². The fraction of sp³-hybridized carbons (Fsp3) is 0.400. The standard InChI is InChI=1S/C20H27O5P/c21-26(22)25-20(13-15-24-17-19-10-5-2-6-11-19)12-7-14-23-16-18-8-3-1-4-9-18/h1-6,8-11,20,26H,7,12-17H2,(H,21,22). The second kappa shape index (κ2) is 12.8. The molecule has 142 valence electrons. The van der Waals surface area contributed by atoms with Crippen molar-refractivity contribution in [3.63, 3.8) is 0 Å². The lowest BCUT2D eigenvalue weighted by Crippen LogP contribution is -2.14. The molecule has 0 saturated carbocycles. The highest BCUT2D eigenvalue weighted by Crippen LogP contribution is 2.23. The minimum absolute atomic E-state index is 0.289. The van der Waals surface area contributed by atoms with Crippen molar-refractivity contribution in [2.75, 3.05) is 13.2 Å². The largest absolute Gasteiger partial charge is 0.377 e. The summed E-state index contributed by atoms with van der Waals surface area (Å²) in [4.78, 5) is 9.06. The highest BCUT2D eigenvalue weighted by molar-refractivity contribution is 7.32. The molecule has 1 N–H and O–H groups in total. The third-order valence-electron chi connectivity index (χ3n) is 3.89. The summed E-state index contributed by atoms with van der Waals surface area (Å²) in [6.45, 7) is 2.18. The van der Waals surface area contributed by atoms with Gasteiger partial charge in [-0.1, -0.05) is 60.7 Å². The molecule has 2 aromatic carbocycles. The Morgan fingerprint density at radius 1 is 0.808 bits per heavy atom. The van der Waals surface area contributed by atoms with Crippen molar-refractivity contribution in [2.24, 2.45) is 0 Å². The quantitative estimate of drug-likeness (QED) is 0.414. The summed E-state index contributed by atoms with van der Waals surface area (Å²) in [5.74, 6) is 0. The summed E-state index contributed by atoms with van der Waals surface area (Å²) in [6, 6.07) is 19.9. The van der Waals surface area contributed by atoms with Gasteiger partial charge in [-0.05, 0) is 30.4 Å². The normalized spacial score (nSPS) is 13.4. The zero-order valence-corrected chi connectivity index (χ0v) is 15.9. The molecule has 0 radical (unpaired) electrons. The SMILES string of the molecule is O=[PH](O)OC(CCCOCc1ccccc1)CCOCc1ccccc1. The Hall–Kier alpha value is -1.49. The predicted octanol–water partition coefficient (Wildman–Crippen LogP) is 4.36. The zero-order chi connectivity index (χ0) is 18.5. The lowest BCUT2D eigenvalue weighted by atomic mass is 10.1. The van der Waals surface area contributed by atoms with Crippen LogP contribution < -0.4 is 0 Å². The summed E-state index contributed by atoms with van der Waals surface area (Å²) in [6.07, 6.45) is 1.73. The summed E-state index contributed by atoms with van der Waals surface area (Å²) < 4.78 is 27.4. The average Bonchev–Trinajstić information content (AvgIpc) is 2.66. The highest BCUT2D eigenvalue weighted by Gasteiger charge is 2.12. The van der Waals surface area contributed by atoms with Gasteiger partial charge < -0.3 is 18.9 Å². The summed E-state index contributed by atoms with van der Waals surface area (Å²) in [5, 5.41) is 0. The molecule has 0 aliphatic heterocycles. The van der Waals surface area contributed by atoms with Crippen LogP contribution in [0.5, 0.6) is 0 Å². The Morgan fingerprint density at radius 3 is 1.88 bits per heavy atom. The zero-order valence-electron chi connectivity index (χ0n) is 14.9. The molecule has 0 saturated heterocycles. The first-order valence-corrected chi connectivity index (χ1v) is 10.1. The Morgan fingerprint density at radius 2 is 1.35 bits per heavy atom. The van der Waals surface area contributed by atoms with E-state index in [0.717, 1.165) is 17.5 Å². The number of hydrogen-bond acceptors (Lipinski definition) is 4. The Labute approximate surface area is 155 Å². The molecular formula is C20H27O5P. The van der Waals surface area contributed by atoms with E-state index in [9.17, 15) is 4.57 Å². The van der Waals surface area contributed by atoms with Crippen LogP contribution in [0, 0.1) is 0 Å². The van der Waals surface area contributed by atoms with E-state index in [0.29, 0.717) is 39.3 Å². The van der Waals surface area contributed by atoms with E-state index in [2.05, 4.69) is 0 Å². The summed E-state index contributed by atoms with van der Waals surface area (Å²) >= 11 is 0. The van der Waals surface area contributed by atoms with Gasteiger partial charge in [0.05, 0.1) is 19.3 Å². The van der Waals surface area contributed by atoms with Crippen LogP contribution in [0.1, 0.15) is 30.4 Å². The monoisotopic (exact) mass is 378 g/mol. The van der Waals surface area contributed by atoms with E-state index in [4.69, 9.17) is 18.9 Å². The molecular weight excluding hydrogens is 351 g/mol. The lowest BCUT2D eigenvalue weighted by molar-refractivity contribution is 0.0677.